The van der Waals surface area contributed by atoms with E-state index in [0.717, 1.165) is 38.3 Å². The number of rotatable bonds is 6. The lowest BCUT2D eigenvalue weighted by molar-refractivity contribution is -0.136. The Morgan fingerprint density at radius 3 is 2.28 bits per heavy atom. The van der Waals surface area contributed by atoms with Gasteiger partial charge in [0.1, 0.15) is 0 Å². The minimum atomic E-state index is -0.157. The van der Waals surface area contributed by atoms with Gasteiger partial charge in [-0.25, -0.2) is 0 Å². The first kappa shape index (κ1) is 19.6. The maximum absolute atomic E-state index is 12.8. The van der Waals surface area contributed by atoms with Gasteiger partial charge in [0, 0.05) is 39.3 Å². The van der Waals surface area contributed by atoms with Gasteiger partial charge in [-0.3, -0.25) is 14.5 Å². The molecule has 2 aromatic carbocycles. The van der Waals surface area contributed by atoms with E-state index < -0.39 is 0 Å². The number of amides is 2. The van der Waals surface area contributed by atoms with Gasteiger partial charge < -0.3 is 10.2 Å². The molecule has 5 nitrogen and oxygen atoms in total. The van der Waals surface area contributed by atoms with E-state index in [-0.39, 0.29) is 23.7 Å². The van der Waals surface area contributed by atoms with Crippen LogP contribution in [0.25, 0.3) is 0 Å². The number of hydrogen-bond donors (Lipinski definition) is 1. The Morgan fingerprint density at radius 2 is 1.59 bits per heavy atom. The summed E-state index contributed by atoms with van der Waals surface area (Å²) in [6, 6.07) is 18.6. The molecule has 2 aliphatic rings. The van der Waals surface area contributed by atoms with E-state index >= 15 is 0 Å². The third-order valence-electron chi connectivity index (χ3n) is 5.96. The van der Waals surface area contributed by atoms with Crippen LogP contribution >= 0.6 is 0 Å². The zero-order valence-electron chi connectivity index (χ0n) is 17.0. The van der Waals surface area contributed by atoms with Gasteiger partial charge in [0.15, 0.2) is 0 Å². The predicted molar refractivity (Wildman–Crippen MR) is 113 cm³/mol. The van der Waals surface area contributed by atoms with Gasteiger partial charge in [-0.05, 0) is 24.5 Å². The smallest absolute Gasteiger partial charge is 0.226 e. The highest BCUT2D eigenvalue weighted by atomic mass is 16.2. The maximum atomic E-state index is 12.8. The van der Waals surface area contributed by atoms with E-state index in [1.165, 1.54) is 11.1 Å². The Hall–Kier alpha value is -2.66. The van der Waals surface area contributed by atoms with Crippen LogP contribution in [0.2, 0.25) is 0 Å². The minimum Gasteiger partial charge on any atom is -0.352 e. The fourth-order valence-electron chi connectivity index (χ4n) is 3.99. The SMILES string of the molecule is Cc1ccc(CNC(=O)C2CC2C(=O)N2CCN(Cc3ccccc3)CC2)cc1. The van der Waals surface area contributed by atoms with Crippen LogP contribution < -0.4 is 5.32 Å². The van der Waals surface area contributed by atoms with Crippen LogP contribution in [0.1, 0.15) is 23.1 Å². The van der Waals surface area contributed by atoms with E-state index in [1.54, 1.807) is 0 Å². The third kappa shape index (κ3) is 5.04. The van der Waals surface area contributed by atoms with Crippen molar-refractivity contribution in [3.8, 4) is 0 Å². The Bertz CT molecular complexity index is 842. The van der Waals surface area contributed by atoms with E-state index in [1.807, 2.05) is 42.2 Å². The molecule has 0 radical (unpaired) electrons. The molecule has 1 aliphatic carbocycles. The quantitative estimate of drug-likeness (QED) is 0.824. The van der Waals surface area contributed by atoms with Crippen molar-refractivity contribution in [2.75, 3.05) is 26.2 Å². The molecule has 2 atom stereocenters. The third-order valence-corrected chi connectivity index (χ3v) is 5.96. The van der Waals surface area contributed by atoms with Crippen molar-refractivity contribution in [1.29, 1.82) is 0 Å². The zero-order chi connectivity index (χ0) is 20.2. The zero-order valence-corrected chi connectivity index (χ0v) is 17.0. The van der Waals surface area contributed by atoms with Crippen LogP contribution in [0.15, 0.2) is 54.6 Å². The normalized spacial score (nSPS) is 21.6. The molecule has 1 saturated carbocycles. The topological polar surface area (TPSA) is 52.7 Å². The molecule has 2 fully saturated rings. The summed E-state index contributed by atoms with van der Waals surface area (Å²) in [7, 11) is 0. The molecule has 1 saturated heterocycles. The van der Waals surface area contributed by atoms with E-state index in [4.69, 9.17) is 0 Å². The molecule has 2 unspecified atom stereocenters. The summed E-state index contributed by atoms with van der Waals surface area (Å²) in [6.07, 6.45) is 0.683. The number of nitrogens with one attached hydrogen (secondary N) is 1. The van der Waals surface area contributed by atoms with Crippen LogP contribution in [-0.2, 0) is 22.7 Å². The van der Waals surface area contributed by atoms with Gasteiger partial charge in [0.2, 0.25) is 11.8 Å². The Labute approximate surface area is 172 Å². The summed E-state index contributed by atoms with van der Waals surface area (Å²) >= 11 is 0. The summed E-state index contributed by atoms with van der Waals surface area (Å²) in [6.45, 7) is 6.77. The van der Waals surface area contributed by atoms with Crippen LogP contribution in [0.4, 0.5) is 0 Å². The Kier molecular flexibility index (Phi) is 5.95. The van der Waals surface area contributed by atoms with E-state index in [2.05, 4.69) is 34.5 Å². The number of hydrogen-bond acceptors (Lipinski definition) is 3. The fourth-order valence-corrected chi connectivity index (χ4v) is 3.99. The Balaban J connectivity index is 1.20. The van der Waals surface area contributed by atoms with Crippen molar-refractivity contribution in [3.05, 3.63) is 71.3 Å². The van der Waals surface area contributed by atoms with Crippen LogP contribution in [0.5, 0.6) is 0 Å². The molecular weight excluding hydrogens is 362 g/mol. The summed E-state index contributed by atoms with van der Waals surface area (Å²) in [5.41, 5.74) is 3.60. The molecule has 2 aromatic rings. The highest BCUT2D eigenvalue weighted by molar-refractivity contribution is 5.92. The van der Waals surface area contributed by atoms with E-state index in [0.29, 0.717) is 13.0 Å². The number of nitrogens with zero attached hydrogens (tertiary/aromatic N) is 2. The molecule has 29 heavy (non-hydrogen) atoms. The molecular formula is C24H29N3O2. The van der Waals surface area contributed by atoms with Crippen molar-refractivity contribution in [2.45, 2.75) is 26.4 Å². The standard InChI is InChI=1S/C24H29N3O2/c1-18-7-9-19(10-8-18)16-25-23(28)21-15-22(21)24(29)27-13-11-26(12-14-27)17-20-5-3-2-4-6-20/h2-10,21-22H,11-17H2,1H3,(H,25,28). The van der Waals surface area contributed by atoms with Gasteiger partial charge in [-0.15, -0.1) is 0 Å². The van der Waals surface area contributed by atoms with Crippen molar-refractivity contribution in [2.24, 2.45) is 11.8 Å². The first-order valence-corrected chi connectivity index (χ1v) is 10.5. The minimum absolute atomic E-state index is 0.00615. The lowest BCUT2D eigenvalue weighted by atomic mass is 10.1. The molecule has 2 amide bonds. The van der Waals surface area contributed by atoms with Crippen molar-refractivity contribution >= 4 is 11.8 Å². The monoisotopic (exact) mass is 391 g/mol. The molecule has 4 rings (SSSR count). The highest BCUT2D eigenvalue weighted by Crippen LogP contribution is 2.40. The Morgan fingerprint density at radius 1 is 0.897 bits per heavy atom. The molecule has 1 aliphatic heterocycles. The van der Waals surface area contributed by atoms with Gasteiger partial charge in [0.25, 0.3) is 0 Å². The molecule has 5 heteroatoms. The second kappa shape index (κ2) is 8.78. The second-order valence-corrected chi connectivity index (χ2v) is 8.24. The number of benzene rings is 2. The average molecular weight is 392 g/mol. The number of aryl methyl sites for hydroxylation is 1. The fraction of sp³-hybridized carbons (Fsp3) is 0.417. The highest BCUT2D eigenvalue weighted by Gasteiger charge is 2.49. The molecule has 0 aromatic heterocycles. The van der Waals surface area contributed by atoms with E-state index in [9.17, 15) is 9.59 Å². The summed E-state index contributed by atoms with van der Waals surface area (Å²) in [4.78, 5) is 29.5. The summed E-state index contributed by atoms with van der Waals surface area (Å²) in [5, 5.41) is 2.98. The van der Waals surface area contributed by atoms with Gasteiger partial charge in [0.05, 0.1) is 11.8 Å². The predicted octanol–water partition coefficient (Wildman–Crippen LogP) is 2.59. The van der Waals surface area contributed by atoms with Crippen LogP contribution in [0, 0.1) is 18.8 Å². The molecule has 0 spiro atoms. The summed E-state index contributed by atoms with van der Waals surface area (Å²) in [5.74, 6) is -0.129. The summed E-state index contributed by atoms with van der Waals surface area (Å²) < 4.78 is 0. The first-order chi connectivity index (χ1) is 14.1. The van der Waals surface area contributed by atoms with Gasteiger partial charge in [-0.2, -0.15) is 0 Å². The first-order valence-electron chi connectivity index (χ1n) is 10.5. The molecule has 1 N–H and O–H groups in total. The van der Waals surface area contributed by atoms with Crippen molar-refractivity contribution in [3.63, 3.8) is 0 Å². The van der Waals surface area contributed by atoms with Crippen LogP contribution in [0.3, 0.4) is 0 Å². The van der Waals surface area contributed by atoms with Gasteiger partial charge >= 0.3 is 0 Å². The average Bonchev–Trinajstić information content (AvgIpc) is 3.55. The largest absolute Gasteiger partial charge is 0.352 e. The van der Waals surface area contributed by atoms with Crippen LogP contribution in [-0.4, -0.2) is 47.8 Å². The number of piperazine rings is 1. The number of carbonyl (C=O) groups excluding carboxylic acids is 2. The maximum Gasteiger partial charge on any atom is 0.226 e. The van der Waals surface area contributed by atoms with Crippen molar-refractivity contribution < 1.29 is 9.59 Å². The number of carbonyl (C=O) groups is 2. The molecule has 0 bridgehead atoms. The van der Waals surface area contributed by atoms with Gasteiger partial charge in [-0.1, -0.05) is 60.2 Å². The second-order valence-electron chi connectivity index (χ2n) is 8.24. The molecule has 152 valence electrons. The van der Waals surface area contributed by atoms with Crippen molar-refractivity contribution in [1.82, 2.24) is 15.1 Å². The molecule has 1 heterocycles. The lowest BCUT2D eigenvalue weighted by Crippen LogP contribution is -2.49. The lowest BCUT2D eigenvalue weighted by Gasteiger charge is -2.35.